The van der Waals surface area contributed by atoms with E-state index in [1.54, 1.807) is 24.3 Å². The van der Waals surface area contributed by atoms with Crippen molar-refractivity contribution in [3.63, 3.8) is 0 Å². The van der Waals surface area contributed by atoms with Gasteiger partial charge in [0.15, 0.2) is 0 Å². The van der Waals surface area contributed by atoms with Gasteiger partial charge in [0, 0.05) is 23.7 Å². The molecule has 0 saturated carbocycles. The second-order valence-electron chi connectivity index (χ2n) is 5.34. The minimum Gasteiger partial charge on any atom is -0.492 e. The molecule has 2 aromatic rings. The summed E-state index contributed by atoms with van der Waals surface area (Å²) in [6, 6.07) is 11.9. The fourth-order valence-corrected chi connectivity index (χ4v) is 2.37. The highest BCUT2D eigenvalue weighted by Gasteiger charge is 2.20. The Morgan fingerprint density at radius 3 is 2.36 bits per heavy atom. The summed E-state index contributed by atoms with van der Waals surface area (Å²) in [4.78, 5) is 10.1. The van der Waals surface area contributed by atoms with E-state index in [9.17, 15) is 20.3 Å². The Hall–Kier alpha value is -2.19. The SMILES string of the molecule is O=[N+]([O-])c1ccc(C(O)C(CO)NCCOc2ccc(Cl)cc2)cc1. The molecule has 0 spiro atoms. The van der Waals surface area contributed by atoms with Crippen molar-refractivity contribution in [3.8, 4) is 5.75 Å². The number of nitro benzene ring substituents is 1. The van der Waals surface area contributed by atoms with Gasteiger partial charge in [0.2, 0.25) is 0 Å². The van der Waals surface area contributed by atoms with Gasteiger partial charge in [-0.1, -0.05) is 11.6 Å². The van der Waals surface area contributed by atoms with Crippen molar-refractivity contribution in [3.05, 3.63) is 69.2 Å². The first-order chi connectivity index (χ1) is 12.0. The Kier molecular flexibility index (Phi) is 7.15. The van der Waals surface area contributed by atoms with E-state index < -0.39 is 17.1 Å². The Morgan fingerprint density at radius 2 is 1.80 bits per heavy atom. The Morgan fingerprint density at radius 1 is 1.16 bits per heavy atom. The van der Waals surface area contributed by atoms with Crippen molar-refractivity contribution in [1.29, 1.82) is 0 Å². The maximum Gasteiger partial charge on any atom is 0.269 e. The number of hydrogen-bond donors (Lipinski definition) is 3. The molecule has 0 aromatic heterocycles. The monoisotopic (exact) mass is 366 g/mol. The molecule has 25 heavy (non-hydrogen) atoms. The van der Waals surface area contributed by atoms with Crippen LogP contribution in [-0.2, 0) is 0 Å². The van der Waals surface area contributed by atoms with Crippen LogP contribution >= 0.6 is 11.6 Å². The van der Waals surface area contributed by atoms with Crippen LogP contribution in [0.15, 0.2) is 48.5 Å². The van der Waals surface area contributed by atoms with Gasteiger partial charge in [-0.3, -0.25) is 10.1 Å². The van der Waals surface area contributed by atoms with E-state index in [1.165, 1.54) is 24.3 Å². The lowest BCUT2D eigenvalue weighted by molar-refractivity contribution is -0.384. The first kappa shape index (κ1) is 19.1. The summed E-state index contributed by atoms with van der Waals surface area (Å²) in [5.41, 5.74) is 0.427. The molecule has 134 valence electrons. The van der Waals surface area contributed by atoms with Gasteiger partial charge >= 0.3 is 0 Å². The zero-order valence-electron chi connectivity index (χ0n) is 13.3. The van der Waals surface area contributed by atoms with Crippen LogP contribution in [0.2, 0.25) is 5.02 Å². The smallest absolute Gasteiger partial charge is 0.269 e. The van der Waals surface area contributed by atoms with E-state index in [2.05, 4.69) is 5.32 Å². The number of benzene rings is 2. The van der Waals surface area contributed by atoms with Crippen molar-refractivity contribution >= 4 is 17.3 Å². The lowest BCUT2D eigenvalue weighted by Crippen LogP contribution is -2.40. The van der Waals surface area contributed by atoms with Crippen molar-refractivity contribution < 1.29 is 19.9 Å². The summed E-state index contributed by atoms with van der Waals surface area (Å²) < 4.78 is 5.52. The molecule has 0 amide bonds. The van der Waals surface area contributed by atoms with Crippen LogP contribution < -0.4 is 10.1 Å². The number of non-ortho nitro benzene ring substituents is 1. The van der Waals surface area contributed by atoms with Crippen molar-refractivity contribution in [2.45, 2.75) is 12.1 Å². The fraction of sp³-hybridized carbons (Fsp3) is 0.294. The van der Waals surface area contributed by atoms with Crippen LogP contribution in [0.1, 0.15) is 11.7 Å². The summed E-state index contributed by atoms with van der Waals surface area (Å²) in [6.45, 7) is 0.447. The molecular formula is C17H19ClN2O5. The van der Waals surface area contributed by atoms with Crippen LogP contribution in [0.4, 0.5) is 5.69 Å². The molecule has 0 aliphatic heterocycles. The highest BCUT2D eigenvalue weighted by atomic mass is 35.5. The molecule has 0 radical (unpaired) electrons. The molecule has 0 fully saturated rings. The summed E-state index contributed by atoms with van der Waals surface area (Å²) in [6.07, 6.45) is -0.999. The number of aliphatic hydroxyl groups is 2. The third-order valence-electron chi connectivity index (χ3n) is 3.61. The molecule has 8 heteroatoms. The predicted molar refractivity (Wildman–Crippen MR) is 93.9 cm³/mol. The van der Waals surface area contributed by atoms with E-state index in [0.717, 1.165) is 0 Å². The molecule has 2 aromatic carbocycles. The molecule has 0 aliphatic rings. The van der Waals surface area contributed by atoms with Gasteiger partial charge in [-0.15, -0.1) is 0 Å². The van der Waals surface area contributed by atoms with Crippen LogP contribution in [0.3, 0.4) is 0 Å². The van der Waals surface area contributed by atoms with E-state index >= 15 is 0 Å². The number of nitro groups is 1. The number of ether oxygens (including phenoxy) is 1. The van der Waals surface area contributed by atoms with E-state index in [1.807, 2.05) is 0 Å². The summed E-state index contributed by atoms with van der Waals surface area (Å²) in [5.74, 6) is 0.669. The second kappa shape index (κ2) is 9.33. The molecule has 3 N–H and O–H groups in total. The first-order valence-corrected chi connectivity index (χ1v) is 8.04. The fourth-order valence-electron chi connectivity index (χ4n) is 2.25. The van der Waals surface area contributed by atoms with Crippen LogP contribution in [-0.4, -0.2) is 40.9 Å². The topological polar surface area (TPSA) is 105 Å². The van der Waals surface area contributed by atoms with Gasteiger partial charge in [0.05, 0.1) is 23.7 Å². The van der Waals surface area contributed by atoms with Gasteiger partial charge in [-0.05, 0) is 42.0 Å². The molecule has 0 heterocycles. The van der Waals surface area contributed by atoms with Crippen LogP contribution in [0.25, 0.3) is 0 Å². The van der Waals surface area contributed by atoms with Crippen molar-refractivity contribution in [2.75, 3.05) is 19.8 Å². The highest BCUT2D eigenvalue weighted by Crippen LogP contribution is 2.20. The predicted octanol–water partition coefficient (Wildman–Crippen LogP) is 2.31. The van der Waals surface area contributed by atoms with Gasteiger partial charge in [-0.25, -0.2) is 0 Å². The van der Waals surface area contributed by atoms with Crippen molar-refractivity contribution in [1.82, 2.24) is 5.32 Å². The van der Waals surface area contributed by atoms with Crippen LogP contribution in [0.5, 0.6) is 5.75 Å². The van der Waals surface area contributed by atoms with Gasteiger partial charge in [0.25, 0.3) is 5.69 Å². The minimum absolute atomic E-state index is 0.0548. The molecule has 2 rings (SSSR count). The zero-order valence-corrected chi connectivity index (χ0v) is 14.1. The Labute approximate surface area is 150 Å². The van der Waals surface area contributed by atoms with Crippen molar-refractivity contribution in [2.24, 2.45) is 0 Å². The summed E-state index contributed by atoms with van der Waals surface area (Å²) in [5, 5.41) is 34.0. The van der Waals surface area contributed by atoms with Crippen LogP contribution in [0, 0.1) is 10.1 Å². The number of rotatable bonds is 9. The first-order valence-electron chi connectivity index (χ1n) is 7.66. The minimum atomic E-state index is -0.999. The molecule has 2 atom stereocenters. The van der Waals surface area contributed by atoms with E-state index in [-0.39, 0.29) is 12.3 Å². The maximum atomic E-state index is 10.7. The second-order valence-corrected chi connectivity index (χ2v) is 5.78. The normalized spacial score (nSPS) is 13.2. The quantitative estimate of drug-likeness (QED) is 0.357. The van der Waals surface area contributed by atoms with Gasteiger partial charge in [-0.2, -0.15) is 0 Å². The molecule has 2 unspecified atom stereocenters. The molecular weight excluding hydrogens is 348 g/mol. The van der Waals surface area contributed by atoms with Gasteiger partial charge in [0.1, 0.15) is 12.4 Å². The standard InChI is InChI=1S/C17H19ClN2O5/c18-13-3-7-15(8-4-13)25-10-9-19-16(11-21)17(22)12-1-5-14(6-2-12)20(23)24/h1-8,16-17,19,21-22H,9-11H2. The van der Waals surface area contributed by atoms with E-state index in [0.29, 0.717) is 29.5 Å². The largest absolute Gasteiger partial charge is 0.492 e. The number of hydrogen-bond acceptors (Lipinski definition) is 6. The number of nitrogens with one attached hydrogen (secondary N) is 1. The molecule has 0 aliphatic carbocycles. The highest BCUT2D eigenvalue weighted by molar-refractivity contribution is 6.30. The lowest BCUT2D eigenvalue weighted by atomic mass is 10.0. The summed E-state index contributed by atoms with van der Waals surface area (Å²) >= 11 is 5.79. The lowest BCUT2D eigenvalue weighted by Gasteiger charge is -2.22. The Balaban J connectivity index is 1.84. The average Bonchev–Trinajstić information content (AvgIpc) is 2.63. The van der Waals surface area contributed by atoms with Gasteiger partial charge < -0.3 is 20.3 Å². The Bertz CT molecular complexity index is 678. The summed E-state index contributed by atoms with van der Waals surface area (Å²) in [7, 11) is 0. The molecule has 0 saturated heterocycles. The van der Waals surface area contributed by atoms with E-state index in [4.69, 9.17) is 16.3 Å². The average molecular weight is 367 g/mol. The molecule has 0 bridgehead atoms. The maximum absolute atomic E-state index is 10.7. The molecule has 7 nitrogen and oxygen atoms in total. The zero-order chi connectivity index (χ0) is 18.2. The number of aliphatic hydroxyl groups excluding tert-OH is 2. The third-order valence-corrected chi connectivity index (χ3v) is 3.87. The third kappa shape index (κ3) is 5.68. The number of halogens is 1. The number of nitrogens with zero attached hydrogens (tertiary/aromatic N) is 1.